The molecular formula is C13H10N2S. The highest BCUT2D eigenvalue weighted by Crippen LogP contribution is 2.27. The molecule has 0 amide bonds. The van der Waals surface area contributed by atoms with Crippen molar-refractivity contribution in [1.82, 2.24) is 0 Å². The third-order valence-electron chi connectivity index (χ3n) is 2.68. The minimum absolute atomic E-state index is 0.530. The topological polar surface area (TPSA) is 49.9 Å². The van der Waals surface area contributed by atoms with Gasteiger partial charge in [-0.05, 0) is 18.2 Å². The lowest BCUT2D eigenvalue weighted by molar-refractivity contribution is 1.34. The predicted octanol–water partition coefficient (Wildman–Crippen LogP) is 3.12. The van der Waals surface area contributed by atoms with Crippen LogP contribution in [0.5, 0.6) is 0 Å². The minimum atomic E-state index is 0.530. The molecule has 0 spiro atoms. The molecule has 3 N–H and O–H groups in total. The molecule has 0 radical (unpaired) electrons. The highest BCUT2D eigenvalue weighted by Gasteiger charge is 2.04. The lowest BCUT2D eigenvalue weighted by Crippen LogP contribution is -2.04. The van der Waals surface area contributed by atoms with Crippen LogP contribution >= 0.6 is 11.3 Å². The van der Waals surface area contributed by atoms with Gasteiger partial charge >= 0.3 is 0 Å². The fourth-order valence-electron chi connectivity index (χ4n) is 1.92. The number of nitrogen functional groups attached to an aromatic ring is 1. The summed E-state index contributed by atoms with van der Waals surface area (Å²) in [6, 6.07) is 13.8. The van der Waals surface area contributed by atoms with Crippen LogP contribution < -0.4 is 11.1 Å². The van der Waals surface area contributed by atoms with Gasteiger partial charge in [0.15, 0.2) is 0 Å². The molecule has 3 aromatic rings. The number of nitrogens with two attached hydrogens (primary N) is 1. The van der Waals surface area contributed by atoms with Gasteiger partial charge in [-0.1, -0.05) is 24.3 Å². The Morgan fingerprint density at radius 2 is 1.69 bits per heavy atom. The van der Waals surface area contributed by atoms with Crippen molar-refractivity contribution in [3.05, 3.63) is 47.8 Å². The average Bonchev–Trinajstić information content (AvgIpc) is 2.29. The molecule has 3 heteroatoms. The lowest BCUT2D eigenvalue weighted by Gasteiger charge is -2.04. The van der Waals surface area contributed by atoms with Crippen molar-refractivity contribution in [2.24, 2.45) is 0 Å². The third kappa shape index (κ3) is 1.22. The van der Waals surface area contributed by atoms with Crippen LogP contribution in [-0.2, 0) is 0 Å². The predicted molar refractivity (Wildman–Crippen MR) is 69.6 cm³/mol. The van der Waals surface area contributed by atoms with E-state index in [9.17, 15) is 0 Å². The molecule has 0 bridgehead atoms. The maximum atomic E-state index is 8.20. The van der Waals surface area contributed by atoms with Crippen LogP contribution in [0.2, 0.25) is 0 Å². The van der Waals surface area contributed by atoms with Gasteiger partial charge in [0.2, 0.25) is 0 Å². The number of nitrogens with one attached hydrogen (secondary N) is 1. The zero-order chi connectivity index (χ0) is 11.1. The van der Waals surface area contributed by atoms with Gasteiger partial charge in [0.25, 0.3) is 0 Å². The van der Waals surface area contributed by atoms with Crippen molar-refractivity contribution < 1.29 is 0 Å². The summed E-state index contributed by atoms with van der Waals surface area (Å²) in [5.74, 6) is 0. The van der Waals surface area contributed by atoms with E-state index in [0.29, 0.717) is 11.0 Å². The molecular weight excluding hydrogens is 216 g/mol. The molecule has 0 aliphatic carbocycles. The Morgan fingerprint density at radius 1 is 0.938 bits per heavy atom. The molecule has 0 saturated heterocycles. The second-order valence-corrected chi connectivity index (χ2v) is 4.78. The third-order valence-corrected chi connectivity index (χ3v) is 3.82. The van der Waals surface area contributed by atoms with E-state index in [2.05, 4.69) is 0 Å². The first-order chi connectivity index (χ1) is 7.77. The Bertz CT molecular complexity index is 744. The molecule has 2 aromatic carbocycles. The summed E-state index contributed by atoms with van der Waals surface area (Å²) >= 11 is 1.68. The van der Waals surface area contributed by atoms with E-state index in [-0.39, 0.29) is 0 Å². The second kappa shape index (κ2) is 3.32. The first-order valence-electron chi connectivity index (χ1n) is 5.02. The van der Waals surface area contributed by atoms with Gasteiger partial charge in [-0.2, -0.15) is 0 Å². The smallest absolute Gasteiger partial charge is 0.0733 e. The monoisotopic (exact) mass is 226 g/mol. The number of hydrogen-bond donors (Lipinski definition) is 2. The molecule has 0 aliphatic heterocycles. The Balaban J connectivity index is 2.67. The molecule has 1 aromatic heterocycles. The molecule has 0 atom stereocenters. The summed E-state index contributed by atoms with van der Waals surface area (Å²) in [6.45, 7) is 0. The molecule has 78 valence electrons. The van der Waals surface area contributed by atoms with Crippen LogP contribution in [0, 0.1) is 5.41 Å². The van der Waals surface area contributed by atoms with Crippen LogP contribution in [-0.4, -0.2) is 0 Å². The first kappa shape index (κ1) is 9.36. The zero-order valence-corrected chi connectivity index (χ0v) is 9.34. The summed E-state index contributed by atoms with van der Waals surface area (Å²) in [5, 5.41) is 10.6. The SMILES string of the molecule is N=c1c2ccccc2sc2cccc(N)c12. The van der Waals surface area contributed by atoms with Gasteiger partial charge in [-0.15, -0.1) is 11.3 Å². The molecule has 0 aliphatic rings. The van der Waals surface area contributed by atoms with E-state index in [4.69, 9.17) is 11.1 Å². The highest BCUT2D eigenvalue weighted by molar-refractivity contribution is 7.24. The fraction of sp³-hybridized carbons (Fsp3) is 0. The normalized spacial score (nSPS) is 11.0. The summed E-state index contributed by atoms with van der Waals surface area (Å²) in [5.41, 5.74) is 6.62. The van der Waals surface area contributed by atoms with E-state index in [1.807, 2.05) is 42.5 Å². The maximum absolute atomic E-state index is 8.20. The van der Waals surface area contributed by atoms with Crippen molar-refractivity contribution in [2.75, 3.05) is 5.73 Å². The van der Waals surface area contributed by atoms with Crippen LogP contribution in [0.1, 0.15) is 0 Å². The Hall–Kier alpha value is -1.87. The minimum Gasteiger partial charge on any atom is -0.398 e. The van der Waals surface area contributed by atoms with Crippen molar-refractivity contribution in [3.63, 3.8) is 0 Å². The molecule has 2 nitrogen and oxygen atoms in total. The lowest BCUT2D eigenvalue weighted by atomic mass is 10.1. The first-order valence-corrected chi connectivity index (χ1v) is 5.83. The van der Waals surface area contributed by atoms with Gasteiger partial charge in [0.05, 0.1) is 5.36 Å². The highest BCUT2D eigenvalue weighted by atomic mass is 32.1. The van der Waals surface area contributed by atoms with Crippen molar-refractivity contribution in [2.45, 2.75) is 0 Å². The van der Waals surface area contributed by atoms with E-state index < -0.39 is 0 Å². The fourth-order valence-corrected chi connectivity index (χ4v) is 3.05. The quantitative estimate of drug-likeness (QED) is 0.449. The summed E-state index contributed by atoms with van der Waals surface area (Å²) in [7, 11) is 0. The van der Waals surface area contributed by atoms with Crippen molar-refractivity contribution >= 4 is 37.2 Å². The summed E-state index contributed by atoms with van der Waals surface area (Å²) in [6.07, 6.45) is 0. The molecule has 0 saturated carbocycles. The van der Waals surface area contributed by atoms with Crippen LogP contribution in [0.3, 0.4) is 0 Å². The molecule has 0 unspecified atom stereocenters. The zero-order valence-electron chi connectivity index (χ0n) is 8.53. The van der Waals surface area contributed by atoms with Gasteiger partial charge < -0.3 is 5.73 Å². The molecule has 16 heavy (non-hydrogen) atoms. The van der Waals surface area contributed by atoms with Crippen LogP contribution in [0.4, 0.5) is 5.69 Å². The molecule has 3 rings (SSSR count). The molecule has 0 fully saturated rings. The van der Waals surface area contributed by atoms with E-state index in [0.717, 1.165) is 20.2 Å². The van der Waals surface area contributed by atoms with Gasteiger partial charge in [0.1, 0.15) is 0 Å². The van der Waals surface area contributed by atoms with Gasteiger partial charge in [-0.25, -0.2) is 0 Å². The van der Waals surface area contributed by atoms with Gasteiger partial charge in [0, 0.05) is 25.9 Å². The number of benzene rings is 2. The van der Waals surface area contributed by atoms with E-state index in [1.165, 1.54) is 0 Å². The summed E-state index contributed by atoms with van der Waals surface area (Å²) < 4.78 is 2.20. The Morgan fingerprint density at radius 3 is 2.56 bits per heavy atom. The standard InChI is InChI=1S/C13H10N2S/c14-9-5-3-7-11-12(9)13(15)8-4-1-2-6-10(8)16-11/h1-7,15H,14H2. The van der Waals surface area contributed by atoms with E-state index >= 15 is 0 Å². The van der Waals surface area contributed by atoms with E-state index in [1.54, 1.807) is 11.3 Å². The van der Waals surface area contributed by atoms with Crippen molar-refractivity contribution in [1.29, 1.82) is 5.41 Å². The molecule has 1 heterocycles. The number of anilines is 1. The number of fused-ring (bicyclic) bond motifs is 2. The van der Waals surface area contributed by atoms with Crippen molar-refractivity contribution in [3.8, 4) is 0 Å². The van der Waals surface area contributed by atoms with Gasteiger partial charge in [-0.3, -0.25) is 5.41 Å². The number of rotatable bonds is 0. The average molecular weight is 226 g/mol. The summed E-state index contributed by atoms with van der Waals surface area (Å²) in [4.78, 5) is 0. The Kier molecular flexibility index (Phi) is 1.94. The largest absolute Gasteiger partial charge is 0.398 e. The van der Waals surface area contributed by atoms with Crippen LogP contribution in [0.25, 0.3) is 20.2 Å². The Labute approximate surface area is 96.5 Å². The van der Waals surface area contributed by atoms with Crippen LogP contribution in [0.15, 0.2) is 42.5 Å². The second-order valence-electron chi connectivity index (χ2n) is 3.69. The maximum Gasteiger partial charge on any atom is 0.0733 e. The number of hydrogen-bond acceptors (Lipinski definition) is 3.